The molecule has 1 amide bonds. The molecule has 152 valence electrons. The Bertz CT molecular complexity index is 974. The number of carbonyl (C=O) groups excluding carboxylic acids is 1. The zero-order valence-corrected chi connectivity index (χ0v) is 17.4. The number of carbonyl (C=O) groups is 1. The van der Waals surface area contributed by atoms with E-state index in [1.807, 2.05) is 37.3 Å². The first-order chi connectivity index (χ1) is 14.1. The zero-order valence-electron chi connectivity index (χ0n) is 16.6. The molecule has 0 aliphatic carbocycles. The van der Waals surface area contributed by atoms with Crippen LogP contribution >= 0.6 is 11.5 Å². The molecule has 0 saturated heterocycles. The van der Waals surface area contributed by atoms with Gasteiger partial charge in [0, 0.05) is 37.2 Å². The minimum absolute atomic E-state index is 0.178. The van der Waals surface area contributed by atoms with Gasteiger partial charge in [-0.25, -0.2) is 0 Å². The zero-order chi connectivity index (χ0) is 20.6. The molecule has 0 fully saturated rings. The first-order valence-electron chi connectivity index (χ1n) is 9.10. The predicted molar refractivity (Wildman–Crippen MR) is 111 cm³/mol. The van der Waals surface area contributed by atoms with Crippen molar-refractivity contribution < 1.29 is 19.0 Å². The molecule has 1 aromatic heterocycles. The summed E-state index contributed by atoms with van der Waals surface area (Å²) in [6.07, 6.45) is 0.581. The second-order valence-electron chi connectivity index (χ2n) is 6.34. The van der Waals surface area contributed by atoms with E-state index < -0.39 is 0 Å². The molecular formula is C21H23N3O4S. The maximum atomic E-state index is 12.2. The normalized spacial score (nSPS) is 10.6. The summed E-state index contributed by atoms with van der Waals surface area (Å²) in [6.45, 7) is 2.82. The van der Waals surface area contributed by atoms with Gasteiger partial charge in [0.25, 0.3) is 11.1 Å². The fourth-order valence-electron chi connectivity index (χ4n) is 2.63. The van der Waals surface area contributed by atoms with E-state index in [0.717, 1.165) is 16.9 Å². The van der Waals surface area contributed by atoms with Gasteiger partial charge >= 0.3 is 0 Å². The summed E-state index contributed by atoms with van der Waals surface area (Å²) >= 11 is 1.18. The highest BCUT2D eigenvalue weighted by molar-refractivity contribution is 7.07. The second-order valence-corrected chi connectivity index (χ2v) is 7.05. The van der Waals surface area contributed by atoms with Crippen molar-refractivity contribution in [3.8, 4) is 16.7 Å². The number of nitrogens with zero attached hydrogens (tertiary/aromatic N) is 2. The monoisotopic (exact) mass is 413 g/mol. The summed E-state index contributed by atoms with van der Waals surface area (Å²) in [5.74, 6) is 1.87. The number of nitrogens with one attached hydrogen (secondary N) is 1. The van der Waals surface area contributed by atoms with Crippen molar-refractivity contribution in [3.05, 3.63) is 65.0 Å². The average molecular weight is 413 g/mol. The lowest BCUT2D eigenvalue weighted by Gasteiger charge is -2.09. The highest BCUT2D eigenvalue weighted by Gasteiger charge is 2.12. The molecule has 0 unspecified atom stereocenters. The van der Waals surface area contributed by atoms with E-state index in [0.29, 0.717) is 41.9 Å². The summed E-state index contributed by atoms with van der Waals surface area (Å²) in [6, 6.07) is 13.1. The first kappa shape index (κ1) is 20.8. The number of hydrogen-bond donors (Lipinski definition) is 1. The van der Waals surface area contributed by atoms with Crippen molar-refractivity contribution in [3.63, 3.8) is 0 Å². The lowest BCUT2D eigenvalue weighted by Crippen LogP contribution is -2.26. The molecule has 1 heterocycles. The molecule has 0 bridgehead atoms. The number of aromatic nitrogens is 2. The highest BCUT2D eigenvalue weighted by Crippen LogP contribution is 2.28. The highest BCUT2D eigenvalue weighted by atomic mass is 32.1. The van der Waals surface area contributed by atoms with Gasteiger partial charge in [0.1, 0.15) is 11.5 Å². The molecule has 0 spiro atoms. The number of benzene rings is 2. The molecule has 3 rings (SSSR count). The maximum Gasteiger partial charge on any atom is 0.298 e. The number of hydrogen-bond acceptors (Lipinski definition) is 7. The quantitative estimate of drug-likeness (QED) is 0.540. The molecular weight excluding hydrogens is 390 g/mol. The smallest absolute Gasteiger partial charge is 0.298 e. The summed E-state index contributed by atoms with van der Waals surface area (Å²) in [4.78, 5) is 16.7. The molecule has 29 heavy (non-hydrogen) atoms. The van der Waals surface area contributed by atoms with Crippen molar-refractivity contribution >= 4 is 17.4 Å². The number of ether oxygens (including phenoxy) is 3. The first-order valence-corrected chi connectivity index (χ1v) is 9.87. The number of aryl methyl sites for hydroxylation is 1. The van der Waals surface area contributed by atoms with Crippen LogP contribution in [0.25, 0.3) is 0 Å². The third-order valence-corrected chi connectivity index (χ3v) is 4.82. The Balaban J connectivity index is 1.68. The van der Waals surface area contributed by atoms with Crippen LogP contribution in [0.15, 0.2) is 42.5 Å². The van der Waals surface area contributed by atoms with E-state index in [1.54, 1.807) is 26.4 Å². The average Bonchev–Trinajstić information content (AvgIpc) is 3.16. The van der Waals surface area contributed by atoms with E-state index >= 15 is 0 Å². The van der Waals surface area contributed by atoms with Gasteiger partial charge in [0.15, 0.2) is 5.82 Å². The molecule has 2 aromatic carbocycles. The number of methoxy groups -OCH3 is 2. The van der Waals surface area contributed by atoms with Gasteiger partial charge in [-0.05, 0) is 42.3 Å². The second kappa shape index (κ2) is 9.99. The Morgan fingerprint density at radius 2 is 2.03 bits per heavy atom. The Kier molecular flexibility index (Phi) is 7.15. The SMILES string of the molecule is COCCNC(=O)c1ccc(C)c(Oc2nc(Cc3cccc(OC)c3)ns2)c1. The van der Waals surface area contributed by atoms with Crippen LogP contribution in [0.2, 0.25) is 0 Å². The number of amides is 1. The van der Waals surface area contributed by atoms with Crippen LogP contribution in [-0.4, -0.2) is 42.6 Å². The van der Waals surface area contributed by atoms with Crippen molar-refractivity contribution in [1.29, 1.82) is 0 Å². The van der Waals surface area contributed by atoms with Crippen LogP contribution in [0.5, 0.6) is 16.7 Å². The van der Waals surface area contributed by atoms with Crippen LogP contribution in [0.3, 0.4) is 0 Å². The number of rotatable bonds is 9. The fourth-order valence-corrected chi connectivity index (χ4v) is 3.19. The minimum Gasteiger partial charge on any atom is -0.497 e. The van der Waals surface area contributed by atoms with E-state index in [2.05, 4.69) is 14.7 Å². The Labute approximate surface area is 173 Å². The van der Waals surface area contributed by atoms with Crippen LogP contribution in [-0.2, 0) is 11.2 Å². The summed E-state index contributed by atoms with van der Waals surface area (Å²) in [5.41, 5.74) is 2.48. The predicted octanol–water partition coefficient (Wildman–Crippen LogP) is 3.61. The van der Waals surface area contributed by atoms with Crippen LogP contribution in [0, 0.1) is 6.92 Å². The minimum atomic E-state index is -0.178. The Morgan fingerprint density at radius 1 is 1.17 bits per heavy atom. The van der Waals surface area contributed by atoms with Crippen LogP contribution in [0.1, 0.15) is 27.3 Å². The van der Waals surface area contributed by atoms with Crippen LogP contribution < -0.4 is 14.8 Å². The molecule has 0 atom stereocenters. The van der Waals surface area contributed by atoms with E-state index in [1.165, 1.54) is 11.5 Å². The molecule has 8 heteroatoms. The molecule has 3 aromatic rings. The molecule has 0 aliphatic rings. The maximum absolute atomic E-state index is 12.2. The van der Waals surface area contributed by atoms with Gasteiger partial charge in [-0.3, -0.25) is 4.79 Å². The topological polar surface area (TPSA) is 82.6 Å². The van der Waals surface area contributed by atoms with Crippen molar-refractivity contribution in [2.24, 2.45) is 0 Å². The Morgan fingerprint density at radius 3 is 2.83 bits per heavy atom. The summed E-state index contributed by atoms with van der Waals surface area (Å²) in [7, 11) is 3.23. The lowest BCUT2D eigenvalue weighted by atomic mass is 10.1. The van der Waals surface area contributed by atoms with Crippen molar-refractivity contribution in [2.45, 2.75) is 13.3 Å². The molecule has 7 nitrogen and oxygen atoms in total. The van der Waals surface area contributed by atoms with Gasteiger partial charge in [0.05, 0.1) is 13.7 Å². The third-order valence-electron chi connectivity index (χ3n) is 4.19. The fraction of sp³-hybridized carbons (Fsp3) is 0.286. The third kappa shape index (κ3) is 5.75. The Hall–Kier alpha value is -2.97. The molecule has 0 aliphatic heterocycles. The van der Waals surface area contributed by atoms with Crippen molar-refractivity contribution in [1.82, 2.24) is 14.7 Å². The molecule has 0 saturated carbocycles. The van der Waals surface area contributed by atoms with Crippen molar-refractivity contribution in [2.75, 3.05) is 27.4 Å². The van der Waals surface area contributed by atoms with Gasteiger partial charge in [-0.1, -0.05) is 18.2 Å². The van der Waals surface area contributed by atoms with Gasteiger partial charge in [-0.15, -0.1) is 0 Å². The largest absolute Gasteiger partial charge is 0.497 e. The van der Waals surface area contributed by atoms with E-state index in [9.17, 15) is 4.79 Å². The van der Waals surface area contributed by atoms with Gasteiger partial charge in [-0.2, -0.15) is 9.36 Å². The van der Waals surface area contributed by atoms with Gasteiger partial charge < -0.3 is 19.5 Å². The van der Waals surface area contributed by atoms with Gasteiger partial charge in [0.2, 0.25) is 0 Å². The van der Waals surface area contributed by atoms with E-state index in [4.69, 9.17) is 14.2 Å². The van der Waals surface area contributed by atoms with Crippen LogP contribution in [0.4, 0.5) is 0 Å². The molecule has 1 N–H and O–H groups in total. The summed E-state index contributed by atoms with van der Waals surface area (Å²) in [5, 5.41) is 3.23. The summed E-state index contributed by atoms with van der Waals surface area (Å²) < 4.78 is 20.5. The lowest BCUT2D eigenvalue weighted by molar-refractivity contribution is 0.0937. The molecule has 0 radical (unpaired) electrons. The van der Waals surface area contributed by atoms with E-state index in [-0.39, 0.29) is 5.91 Å². The standard InChI is InChI=1S/C21H23N3O4S/c1-14-7-8-16(20(25)22-9-10-26-2)13-18(14)28-21-23-19(24-29-21)12-15-5-4-6-17(11-15)27-3/h4-8,11,13H,9-10,12H2,1-3H3,(H,22,25).